The monoisotopic (exact) mass is 1080 g/mol. The van der Waals surface area contributed by atoms with Crippen LogP contribution in [-0.4, -0.2) is 12.3 Å². The maximum absolute atomic E-state index is 2.92. The highest BCUT2D eigenvalue weighted by Crippen LogP contribution is 2.63. The van der Waals surface area contributed by atoms with E-state index in [2.05, 4.69) is 256 Å². The van der Waals surface area contributed by atoms with Gasteiger partial charge in [0.15, 0.2) is 0 Å². The summed E-state index contributed by atoms with van der Waals surface area (Å²) in [5.74, 6) is 0. The van der Waals surface area contributed by atoms with Crippen molar-refractivity contribution in [2.24, 2.45) is 0 Å². The number of rotatable bonds is 5. The first kappa shape index (κ1) is 51.3. The van der Waals surface area contributed by atoms with Crippen molar-refractivity contribution in [2.75, 3.05) is 14.7 Å². The van der Waals surface area contributed by atoms with E-state index in [0.717, 1.165) is 6.42 Å². The molecule has 1 aromatic heterocycles. The lowest BCUT2D eigenvalue weighted by atomic mass is 9.33. The van der Waals surface area contributed by atoms with Crippen molar-refractivity contribution in [3.05, 3.63) is 185 Å². The van der Waals surface area contributed by atoms with E-state index < -0.39 is 0 Å². The van der Waals surface area contributed by atoms with Crippen LogP contribution in [0.3, 0.4) is 0 Å². The Labute approximate surface area is 487 Å². The number of benzene rings is 8. The molecule has 4 heterocycles. The zero-order chi connectivity index (χ0) is 56.1. The third-order valence-electron chi connectivity index (χ3n) is 22.1. The van der Waals surface area contributed by atoms with Crippen molar-refractivity contribution in [1.29, 1.82) is 0 Å². The molecule has 2 unspecified atom stereocenters. The van der Waals surface area contributed by atoms with Crippen LogP contribution < -0.4 is 31.1 Å². The van der Waals surface area contributed by atoms with Crippen LogP contribution in [0.4, 0.5) is 45.5 Å². The van der Waals surface area contributed by atoms with E-state index in [0.29, 0.717) is 0 Å². The number of fused-ring (bicyclic) bond motifs is 12. The molecular weight excluding hydrogens is 998 g/mol. The number of hydrogen-bond acceptors (Lipinski definition) is 4. The van der Waals surface area contributed by atoms with Gasteiger partial charge in [0, 0.05) is 60.7 Å². The Bertz CT molecular complexity index is 4050. The molecule has 81 heavy (non-hydrogen) atoms. The van der Waals surface area contributed by atoms with Gasteiger partial charge in [0.1, 0.15) is 0 Å². The average molecular weight is 1080 g/mol. The highest BCUT2D eigenvalue weighted by molar-refractivity contribution is 7.26. The van der Waals surface area contributed by atoms with Crippen LogP contribution in [0.2, 0.25) is 0 Å². The molecule has 3 aliphatic carbocycles. The molecule has 6 aliphatic rings. The Balaban J connectivity index is 1.06. The van der Waals surface area contributed by atoms with E-state index in [9.17, 15) is 0 Å². The number of hydrogen-bond donors (Lipinski definition) is 0. The summed E-state index contributed by atoms with van der Waals surface area (Å²) in [6.07, 6.45) is 9.55. The summed E-state index contributed by atoms with van der Waals surface area (Å²) in [5.41, 5.74) is 26.1. The van der Waals surface area contributed by atoms with Gasteiger partial charge in [0.25, 0.3) is 6.71 Å². The molecule has 1 fully saturated rings. The van der Waals surface area contributed by atoms with Crippen LogP contribution in [-0.2, 0) is 32.5 Å². The number of anilines is 8. The molecule has 1 saturated carbocycles. The average Bonchev–Trinajstić information content (AvgIpc) is 4.19. The highest BCUT2D eigenvalue weighted by Gasteiger charge is 2.62. The number of thiophene rings is 1. The van der Waals surface area contributed by atoms with E-state index in [1.807, 2.05) is 11.3 Å². The molecule has 5 heteroatoms. The predicted molar refractivity (Wildman–Crippen MR) is 351 cm³/mol. The fourth-order valence-electron chi connectivity index (χ4n) is 16.7. The maximum atomic E-state index is 2.92. The maximum Gasteiger partial charge on any atom is 0.252 e. The molecule has 0 N–H and O–H groups in total. The Kier molecular flexibility index (Phi) is 10.8. The van der Waals surface area contributed by atoms with Gasteiger partial charge in [-0.15, -0.1) is 11.3 Å². The molecule has 15 rings (SSSR count). The fourth-order valence-corrected chi connectivity index (χ4v) is 17.9. The molecule has 0 spiro atoms. The third-order valence-corrected chi connectivity index (χ3v) is 23.3. The molecule has 2 atom stereocenters. The van der Waals surface area contributed by atoms with E-state index in [-0.39, 0.29) is 44.7 Å². The summed E-state index contributed by atoms with van der Waals surface area (Å²) in [4.78, 5) is 8.30. The van der Waals surface area contributed by atoms with E-state index in [1.165, 1.54) is 166 Å². The molecule has 0 saturated heterocycles. The standard InChI is InChI=1S/C76H80BN3S/c1-70(2,3)49-42-59-68-61(43-49)77-60-33-30-52(78(50-28-31-55-57(44-50)73(8,9)38-36-71(55,4)5)51-29-32-56-58(45-51)74(10,11)39-37-72(56,6)7)46-63(60)79(62-26-21-25-54-53-24-17-18-27-66(53)81-69(54)62)64-40-48(47-22-15-14-16-23-47)41-65(67(64)77)80(68)76(13)35-20-19-34-75(59,76)12/h14-18,21-33,40-46H,19-20,34-39H2,1-13H3. The zero-order valence-corrected chi connectivity index (χ0v) is 51.2. The summed E-state index contributed by atoms with van der Waals surface area (Å²) in [5, 5.41) is 2.64. The minimum atomic E-state index is -0.106. The van der Waals surface area contributed by atoms with Crippen molar-refractivity contribution in [3.63, 3.8) is 0 Å². The van der Waals surface area contributed by atoms with Crippen molar-refractivity contribution in [1.82, 2.24) is 0 Å². The summed E-state index contributed by atoms with van der Waals surface area (Å²) in [6.45, 7) is 32.3. The Hall–Kier alpha value is -6.56. The molecule has 0 bridgehead atoms. The van der Waals surface area contributed by atoms with Crippen LogP contribution in [0.1, 0.15) is 175 Å². The van der Waals surface area contributed by atoms with Crippen molar-refractivity contribution < 1.29 is 0 Å². The molecule has 8 aromatic carbocycles. The summed E-state index contributed by atoms with van der Waals surface area (Å²) in [7, 11) is 0. The first-order valence-corrected chi connectivity index (χ1v) is 31.5. The third kappa shape index (κ3) is 7.25. The molecule has 0 radical (unpaired) electrons. The minimum Gasteiger partial charge on any atom is -0.335 e. The van der Waals surface area contributed by atoms with Gasteiger partial charge in [-0.3, -0.25) is 0 Å². The lowest BCUT2D eigenvalue weighted by molar-refractivity contribution is 0.195. The Morgan fingerprint density at radius 2 is 1.04 bits per heavy atom. The second kappa shape index (κ2) is 17.0. The smallest absolute Gasteiger partial charge is 0.252 e. The van der Waals surface area contributed by atoms with Crippen molar-refractivity contribution in [3.8, 4) is 11.1 Å². The quantitative estimate of drug-likeness (QED) is 0.159. The van der Waals surface area contributed by atoms with Gasteiger partial charge >= 0.3 is 0 Å². The first-order chi connectivity index (χ1) is 38.5. The minimum absolute atomic E-state index is 0.00777. The SMILES string of the molecule is CC(C)(C)c1cc2c3c(c1)C1(C)CCCCC1(C)N3c1cc(-c3ccccc3)cc3c1B2c1ccc(N(c2ccc4c(c2)C(C)(C)CCC4(C)C)c2ccc4c(c2)C(C)(C)CCC4(C)C)cc1N3c1cccc2c1sc1ccccc12. The zero-order valence-electron chi connectivity index (χ0n) is 50.4. The van der Waals surface area contributed by atoms with Crippen LogP contribution in [0, 0.1) is 0 Å². The summed E-state index contributed by atoms with van der Waals surface area (Å²) in [6, 6.07) is 60.7. The fraction of sp³-hybridized carbons (Fsp3) is 0.368. The topological polar surface area (TPSA) is 9.72 Å². The molecule has 3 aliphatic heterocycles. The molecule has 408 valence electrons. The van der Waals surface area contributed by atoms with Gasteiger partial charge in [0.2, 0.25) is 0 Å². The van der Waals surface area contributed by atoms with Gasteiger partial charge in [-0.05, 0) is 194 Å². The molecular formula is C76H80BN3S. The molecule has 0 amide bonds. The van der Waals surface area contributed by atoms with E-state index in [1.54, 1.807) is 5.56 Å². The second-order valence-electron chi connectivity index (χ2n) is 29.7. The van der Waals surface area contributed by atoms with Gasteiger partial charge in [-0.2, -0.15) is 0 Å². The van der Waals surface area contributed by atoms with Crippen LogP contribution in [0.5, 0.6) is 0 Å². The van der Waals surface area contributed by atoms with E-state index in [4.69, 9.17) is 0 Å². The highest BCUT2D eigenvalue weighted by atomic mass is 32.1. The lowest BCUT2D eigenvalue weighted by Crippen LogP contribution is -2.64. The van der Waals surface area contributed by atoms with Crippen molar-refractivity contribution >= 4 is 100 Å². The Morgan fingerprint density at radius 1 is 0.457 bits per heavy atom. The molecule has 9 aromatic rings. The van der Waals surface area contributed by atoms with Gasteiger partial charge < -0.3 is 14.7 Å². The van der Waals surface area contributed by atoms with Crippen LogP contribution in [0.25, 0.3) is 31.3 Å². The van der Waals surface area contributed by atoms with Gasteiger partial charge in [0.05, 0.1) is 15.9 Å². The summed E-state index contributed by atoms with van der Waals surface area (Å²) < 4.78 is 2.65. The largest absolute Gasteiger partial charge is 0.335 e. The number of nitrogens with zero attached hydrogens (tertiary/aromatic N) is 3. The normalized spacial score (nSPS) is 22.2. The van der Waals surface area contributed by atoms with Gasteiger partial charge in [-0.1, -0.05) is 187 Å². The van der Waals surface area contributed by atoms with Crippen LogP contribution >= 0.6 is 11.3 Å². The second-order valence-corrected chi connectivity index (χ2v) is 30.8. The molecule has 3 nitrogen and oxygen atoms in total. The van der Waals surface area contributed by atoms with Gasteiger partial charge in [-0.25, -0.2) is 0 Å². The first-order valence-electron chi connectivity index (χ1n) is 30.7. The predicted octanol–water partition coefficient (Wildman–Crippen LogP) is 19.5. The van der Waals surface area contributed by atoms with Crippen molar-refractivity contribution in [2.45, 2.75) is 179 Å². The summed E-state index contributed by atoms with van der Waals surface area (Å²) >= 11 is 1.94. The van der Waals surface area contributed by atoms with E-state index >= 15 is 0 Å². The Morgan fingerprint density at radius 3 is 1.70 bits per heavy atom. The van der Waals surface area contributed by atoms with Crippen LogP contribution in [0.15, 0.2) is 152 Å². The lowest BCUT2D eigenvalue weighted by Gasteiger charge is -2.53.